The first-order chi connectivity index (χ1) is 12.8. The molecular formula is C19H17N5OS. The van der Waals surface area contributed by atoms with Crippen LogP contribution < -0.4 is 10.6 Å². The number of hydrogen-bond acceptors (Lipinski definition) is 4. The second-order valence-electron chi connectivity index (χ2n) is 5.78. The maximum absolute atomic E-state index is 12.0. The number of H-pyrrole nitrogens is 1. The number of carbonyl (C=O) groups excluding carboxylic acids is 1. The lowest BCUT2D eigenvalue weighted by Gasteiger charge is -2.06. The normalized spacial score (nSPS) is 10.8. The molecule has 2 heterocycles. The molecule has 1 aromatic heterocycles. The molecule has 3 N–H and O–H groups in total. The van der Waals surface area contributed by atoms with Gasteiger partial charge in [-0.05, 0) is 31.0 Å². The number of thiazole rings is 1. The zero-order chi connectivity index (χ0) is 17.8. The third-order valence-corrected chi connectivity index (χ3v) is 4.96. The highest BCUT2D eigenvalue weighted by Gasteiger charge is 2.11. The van der Waals surface area contributed by atoms with Crippen LogP contribution in [0, 0.1) is 0 Å². The first kappa shape index (κ1) is 16.3. The van der Waals surface area contributed by atoms with Crippen LogP contribution in [0.1, 0.15) is 10.6 Å². The number of nitrogens with one attached hydrogen (secondary N) is 3. The Bertz CT molecular complexity index is 978. The zero-order valence-electron chi connectivity index (χ0n) is 13.9. The molecule has 2 amide bonds. The van der Waals surface area contributed by atoms with E-state index in [1.807, 2.05) is 48.7 Å². The Morgan fingerprint density at radius 2 is 1.88 bits per heavy atom. The Hall–Kier alpha value is -3.19. The van der Waals surface area contributed by atoms with Crippen LogP contribution in [0.2, 0.25) is 0 Å². The van der Waals surface area contributed by atoms with E-state index in [0.717, 1.165) is 40.4 Å². The number of carbonyl (C=O) groups is 1. The maximum Gasteiger partial charge on any atom is 0.325 e. The molecule has 0 spiro atoms. The average molecular weight is 363 g/mol. The topological polar surface area (TPSA) is 82.7 Å². The van der Waals surface area contributed by atoms with Crippen molar-refractivity contribution < 1.29 is 4.79 Å². The minimum absolute atomic E-state index is 0.293. The Morgan fingerprint density at radius 1 is 1.00 bits per heavy atom. The van der Waals surface area contributed by atoms with Gasteiger partial charge in [-0.25, -0.2) is 14.8 Å². The van der Waals surface area contributed by atoms with Crippen LogP contribution in [0.15, 0.2) is 61.1 Å². The standard InChI is InChI=1S/C19H17N5OS/c25-18(23-13-5-2-1-3-6-13)24-19-20-11-14(26-19)9-10-17-15-7-4-8-16(15)21-12-22-17/h1-8,11-12H,9-10H2,(H,21,22)(H2,20,23,24,25). The highest BCUT2D eigenvalue weighted by Crippen LogP contribution is 2.25. The fourth-order valence-electron chi connectivity index (χ4n) is 2.75. The molecule has 4 rings (SSSR count). The van der Waals surface area contributed by atoms with Crippen molar-refractivity contribution in [2.75, 3.05) is 10.6 Å². The van der Waals surface area contributed by atoms with Crippen molar-refractivity contribution in [3.63, 3.8) is 0 Å². The number of nitrogens with zero attached hydrogens (tertiary/aromatic N) is 2. The number of benzene rings is 1. The lowest BCUT2D eigenvalue weighted by molar-refractivity contribution is 0.262. The third-order valence-electron chi connectivity index (χ3n) is 3.99. The van der Waals surface area contributed by atoms with Crippen molar-refractivity contribution in [1.82, 2.24) is 15.0 Å². The summed E-state index contributed by atoms with van der Waals surface area (Å²) in [4.78, 5) is 25.0. The van der Waals surface area contributed by atoms with Gasteiger partial charge in [0.05, 0.1) is 12.0 Å². The van der Waals surface area contributed by atoms with Crippen LogP contribution in [0.3, 0.4) is 0 Å². The number of aromatic nitrogens is 3. The number of rotatable bonds is 5. The molecule has 0 unspecified atom stereocenters. The Kier molecular flexibility index (Phi) is 4.61. The van der Waals surface area contributed by atoms with Gasteiger partial charge in [-0.1, -0.05) is 30.3 Å². The van der Waals surface area contributed by atoms with Crippen molar-refractivity contribution in [2.45, 2.75) is 12.8 Å². The predicted octanol–water partition coefficient (Wildman–Crippen LogP) is 4.40. The molecule has 1 aromatic carbocycles. The Labute approximate surface area is 154 Å². The van der Waals surface area contributed by atoms with Crippen molar-refractivity contribution in [1.29, 1.82) is 0 Å². The summed E-state index contributed by atoms with van der Waals surface area (Å²) < 4.78 is 0. The number of hydrogen-bond donors (Lipinski definition) is 3. The summed E-state index contributed by atoms with van der Waals surface area (Å²) in [5.74, 6) is 0. The number of amides is 2. The van der Waals surface area contributed by atoms with Gasteiger partial charge in [-0.3, -0.25) is 5.32 Å². The molecule has 0 atom stereocenters. The largest absolute Gasteiger partial charge is 0.349 e. The first-order valence-electron chi connectivity index (χ1n) is 8.27. The number of anilines is 2. The van der Waals surface area contributed by atoms with Gasteiger partial charge in [0, 0.05) is 28.0 Å². The van der Waals surface area contributed by atoms with Gasteiger partial charge in [-0.2, -0.15) is 0 Å². The summed E-state index contributed by atoms with van der Waals surface area (Å²) in [6, 6.07) is 15.1. The summed E-state index contributed by atoms with van der Waals surface area (Å²) in [5, 5.41) is 6.14. The van der Waals surface area contributed by atoms with Gasteiger partial charge in [0.25, 0.3) is 0 Å². The van der Waals surface area contributed by atoms with Crippen LogP contribution in [-0.4, -0.2) is 21.0 Å². The first-order valence-corrected chi connectivity index (χ1v) is 9.08. The van der Waals surface area contributed by atoms with Gasteiger partial charge in [0.15, 0.2) is 5.13 Å². The molecule has 1 aliphatic carbocycles. The molecule has 26 heavy (non-hydrogen) atoms. The predicted molar refractivity (Wildman–Crippen MR) is 104 cm³/mol. The van der Waals surface area contributed by atoms with Crippen molar-refractivity contribution >= 4 is 28.2 Å². The fourth-order valence-corrected chi connectivity index (χ4v) is 3.56. The smallest absolute Gasteiger partial charge is 0.325 e. The zero-order valence-corrected chi connectivity index (χ0v) is 14.7. The summed E-state index contributed by atoms with van der Waals surface area (Å²) >= 11 is 1.49. The van der Waals surface area contributed by atoms with Gasteiger partial charge in [0.1, 0.15) is 0 Å². The molecule has 0 saturated carbocycles. The van der Waals surface area contributed by atoms with Crippen molar-refractivity contribution in [3.8, 4) is 11.3 Å². The molecular weight excluding hydrogens is 346 g/mol. The van der Waals surface area contributed by atoms with E-state index < -0.39 is 0 Å². The van der Waals surface area contributed by atoms with E-state index in [1.54, 1.807) is 6.33 Å². The van der Waals surface area contributed by atoms with Crippen LogP contribution in [0.25, 0.3) is 11.3 Å². The van der Waals surface area contributed by atoms with Crippen LogP contribution in [0.5, 0.6) is 0 Å². The van der Waals surface area contributed by atoms with E-state index >= 15 is 0 Å². The van der Waals surface area contributed by atoms with Crippen molar-refractivity contribution in [2.24, 2.45) is 0 Å². The fraction of sp³-hybridized carbons (Fsp3) is 0.105. The van der Waals surface area contributed by atoms with Crippen molar-refractivity contribution in [3.05, 3.63) is 71.6 Å². The van der Waals surface area contributed by atoms with E-state index in [0.29, 0.717) is 5.13 Å². The third kappa shape index (κ3) is 3.73. The number of fused-ring (bicyclic) bond motifs is 1. The van der Waals surface area contributed by atoms with Gasteiger partial charge in [-0.15, -0.1) is 11.3 Å². The summed E-state index contributed by atoms with van der Waals surface area (Å²) in [6.45, 7) is 0. The molecule has 6 nitrogen and oxygen atoms in total. The minimum atomic E-state index is -0.293. The summed E-state index contributed by atoms with van der Waals surface area (Å²) in [6.07, 6.45) is 5.25. The Balaban J connectivity index is 1.35. The summed E-state index contributed by atoms with van der Waals surface area (Å²) in [7, 11) is 0. The number of aryl methyl sites for hydroxylation is 2. The Morgan fingerprint density at radius 3 is 2.77 bits per heavy atom. The minimum Gasteiger partial charge on any atom is -0.349 e. The highest BCUT2D eigenvalue weighted by molar-refractivity contribution is 7.15. The lowest BCUT2D eigenvalue weighted by atomic mass is 10.1. The molecule has 7 heteroatoms. The quantitative estimate of drug-likeness (QED) is 0.491. The SMILES string of the molecule is O=C(Nc1ccccc1)Nc1ncc(CCc2[nH]cnc3cccc2-3)s1. The number of urea groups is 1. The summed E-state index contributed by atoms with van der Waals surface area (Å²) in [5.41, 5.74) is 4.05. The molecule has 0 fully saturated rings. The van der Waals surface area contributed by atoms with E-state index in [4.69, 9.17) is 0 Å². The molecule has 0 bridgehead atoms. The van der Waals surface area contributed by atoms with E-state index in [2.05, 4.69) is 31.7 Å². The van der Waals surface area contributed by atoms with E-state index in [9.17, 15) is 4.79 Å². The molecule has 0 radical (unpaired) electrons. The maximum atomic E-state index is 12.0. The second-order valence-corrected chi connectivity index (χ2v) is 6.90. The van der Waals surface area contributed by atoms with Crippen LogP contribution in [0.4, 0.5) is 15.6 Å². The molecule has 0 saturated heterocycles. The number of para-hydroxylation sites is 1. The molecule has 2 aromatic rings. The van der Waals surface area contributed by atoms with Gasteiger partial charge >= 0.3 is 6.03 Å². The monoisotopic (exact) mass is 363 g/mol. The van der Waals surface area contributed by atoms with E-state index in [-0.39, 0.29) is 6.03 Å². The second kappa shape index (κ2) is 7.37. The van der Waals surface area contributed by atoms with Crippen LogP contribution in [-0.2, 0) is 12.8 Å². The van der Waals surface area contributed by atoms with Gasteiger partial charge in [0.2, 0.25) is 0 Å². The molecule has 1 aliphatic heterocycles. The average Bonchev–Trinajstić information content (AvgIpc) is 3.30. The van der Waals surface area contributed by atoms with E-state index in [1.165, 1.54) is 11.3 Å². The molecule has 2 aliphatic rings. The highest BCUT2D eigenvalue weighted by atomic mass is 32.1. The molecule has 130 valence electrons. The number of aromatic amines is 1. The van der Waals surface area contributed by atoms with Gasteiger partial charge < -0.3 is 10.3 Å². The van der Waals surface area contributed by atoms with Crippen LogP contribution >= 0.6 is 11.3 Å². The lowest BCUT2D eigenvalue weighted by Crippen LogP contribution is -2.19.